The zero-order chi connectivity index (χ0) is 14.9. The first-order valence-corrected chi connectivity index (χ1v) is 7.87. The van der Waals surface area contributed by atoms with E-state index in [-0.39, 0.29) is 11.4 Å². The highest BCUT2D eigenvalue weighted by Gasteiger charge is 2.47. The summed E-state index contributed by atoms with van der Waals surface area (Å²) >= 11 is 0. The molecule has 0 aliphatic carbocycles. The number of carbonyl (C=O) groups excluding carboxylic acids is 1. The Morgan fingerprint density at radius 1 is 1.33 bits per heavy atom. The van der Waals surface area contributed by atoms with Crippen LogP contribution in [-0.4, -0.2) is 63.5 Å². The molecule has 0 unspecified atom stereocenters. The van der Waals surface area contributed by atoms with Gasteiger partial charge in [0.1, 0.15) is 11.4 Å². The van der Waals surface area contributed by atoms with Crippen LogP contribution in [0.15, 0.2) is 12.4 Å². The van der Waals surface area contributed by atoms with Gasteiger partial charge in [0.05, 0.1) is 6.54 Å². The lowest BCUT2D eigenvalue weighted by molar-refractivity contribution is -0.141. The summed E-state index contributed by atoms with van der Waals surface area (Å²) in [5, 5.41) is 3.06. The van der Waals surface area contributed by atoms with Crippen LogP contribution in [0.1, 0.15) is 25.6 Å². The van der Waals surface area contributed by atoms with Gasteiger partial charge in [-0.2, -0.15) is 0 Å². The third-order valence-corrected chi connectivity index (χ3v) is 5.05. The fourth-order valence-corrected chi connectivity index (χ4v) is 3.66. The van der Waals surface area contributed by atoms with Gasteiger partial charge in [-0.3, -0.25) is 14.6 Å². The molecule has 2 aliphatic rings. The number of carbonyl (C=O) groups is 1. The second-order valence-electron chi connectivity index (χ2n) is 6.10. The molecule has 6 nitrogen and oxygen atoms in total. The molecule has 2 saturated heterocycles. The van der Waals surface area contributed by atoms with Crippen molar-refractivity contribution in [2.75, 3.05) is 32.7 Å². The lowest BCUT2D eigenvalue weighted by atomic mass is 9.83. The van der Waals surface area contributed by atoms with Crippen LogP contribution in [-0.2, 0) is 18.4 Å². The summed E-state index contributed by atoms with van der Waals surface area (Å²) in [6.45, 7) is 7.64. The number of piperidine rings is 1. The molecule has 1 aromatic heterocycles. The van der Waals surface area contributed by atoms with Crippen molar-refractivity contribution in [2.45, 2.75) is 31.8 Å². The number of likely N-dealkylation sites (N-methyl/N-ethyl adjacent to an activating group) is 1. The van der Waals surface area contributed by atoms with E-state index in [2.05, 4.69) is 31.6 Å². The Morgan fingerprint density at radius 3 is 2.71 bits per heavy atom. The molecule has 6 heteroatoms. The number of hydrogen-bond donors (Lipinski definition) is 1. The highest BCUT2D eigenvalue weighted by molar-refractivity contribution is 5.87. The Labute approximate surface area is 126 Å². The summed E-state index contributed by atoms with van der Waals surface area (Å²) in [5.41, 5.74) is -0.273. The summed E-state index contributed by atoms with van der Waals surface area (Å²) in [6, 6.07) is 0. The number of amides is 1. The van der Waals surface area contributed by atoms with E-state index < -0.39 is 0 Å². The molecule has 0 bridgehead atoms. The van der Waals surface area contributed by atoms with Gasteiger partial charge in [0.2, 0.25) is 5.91 Å². The number of likely N-dealkylation sites (tertiary alicyclic amines) is 1. The van der Waals surface area contributed by atoms with Crippen LogP contribution >= 0.6 is 0 Å². The first kappa shape index (κ1) is 14.5. The molecular formula is C15H25N5O. The van der Waals surface area contributed by atoms with E-state index >= 15 is 0 Å². The van der Waals surface area contributed by atoms with Crippen LogP contribution in [0.3, 0.4) is 0 Å². The maximum absolute atomic E-state index is 12.4. The van der Waals surface area contributed by atoms with Gasteiger partial charge in [0.25, 0.3) is 0 Å². The highest BCUT2D eigenvalue weighted by atomic mass is 16.2. The van der Waals surface area contributed by atoms with E-state index in [1.54, 1.807) is 0 Å². The molecule has 1 spiro atoms. The molecule has 1 amide bonds. The predicted octanol–water partition coefficient (Wildman–Crippen LogP) is 0.206. The third kappa shape index (κ3) is 2.58. The van der Waals surface area contributed by atoms with Gasteiger partial charge >= 0.3 is 0 Å². The number of hydrogen-bond acceptors (Lipinski definition) is 4. The van der Waals surface area contributed by atoms with E-state index in [4.69, 9.17) is 0 Å². The van der Waals surface area contributed by atoms with Crippen LogP contribution in [0.4, 0.5) is 0 Å². The first-order chi connectivity index (χ1) is 10.2. The molecule has 1 N–H and O–H groups in total. The number of piperazine rings is 1. The molecule has 3 rings (SSSR count). The van der Waals surface area contributed by atoms with Gasteiger partial charge in [-0.1, -0.05) is 6.92 Å². The minimum atomic E-state index is -0.273. The maximum atomic E-state index is 12.4. The quantitative estimate of drug-likeness (QED) is 0.865. The van der Waals surface area contributed by atoms with E-state index in [1.807, 2.05) is 19.4 Å². The number of aromatic nitrogens is 2. The fraction of sp³-hybridized carbons (Fsp3) is 0.733. The second kappa shape index (κ2) is 5.77. The summed E-state index contributed by atoms with van der Waals surface area (Å²) < 4.78 is 2.07. The second-order valence-corrected chi connectivity index (χ2v) is 6.10. The number of aryl methyl sites for hydroxylation is 1. The van der Waals surface area contributed by atoms with Crippen molar-refractivity contribution in [3.05, 3.63) is 18.2 Å². The minimum absolute atomic E-state index is 0.229. The number of nitrogens with zero attached hydrogens (tertiary/aromatic N) is 4. The van der Waals surface area contributed by atoms with Crippen LogP contribution in [0, 0.1) is 0 Å². The van der Waals surface area contributed by atoms with Crippen LogP contribution in [0.2, 0.25) is 0 Å². The Kier molecular flexibility index (Phi) is 3.99. The smallest absolute Gasteiger partial charge is 0.240 e. The van der Waals surface area contributed by atoms with Gasteiger partial charge in [0.15, 0.2) is 0 Å². The van der Waals surface area contributed by atoms with Gasteiger partial charge in [-0.15, -0.1) is 0 Å². The molecule has 0 aromatic carbocycles. The standard InChI is InChI=1S/C15H25N5O/c1-3-20-11-7-17-14(21)15(20)4-8-19(9-5-15)12-13-16-6-10-18(13)2/h6,10H,3-5,7-9,11-12H2,1-2H3,(H,17,21). The predicted molar refractivity (Wildman–Crippen MR) is 80.7 cm³/mol. The van der Waals surface area contributed by atoms with Crippen LogP contribution < -0.4 is 5.32 Å². The Hall–Kier alpha value is -1.40. The Bertz CT molecular complexity index is 504. The van der Waals surface area contributed by atoms with E-state index in [1.165, 1.54) is 0 Å². The fourth-order valence-electron chi connectivity index (χ4n) is 3.66. The lowest BCUT2D eigenvalue weighted by Gasteiger charge is -2.49. The number of rotatable bonds is 3. The topological polar surface area (TPSA) is 53.4 Å². The van der Waals surface area contributed by atoms with E-state index in [0.717, 1.165) is 57.9 Å². The van der Waals surface area contributed by atoms with Crippen LogP contribution in [0.25, 0.3) is 0 Å². The number of nitrogens with one attached hydrogen (secondary N) is 1. The zero-order valence-corrected chi connectivity index (χ0v) is 13.0. The van der Waals surface area contributed by atoms with Crippen molar-refractivity contribution < 1.29 is 4.79 Å². The van der Waals surface area contributed by atoms with E-state index in [0.29, 0.717) is 0 Å². The normalized spacial score (nSPS) is 23.4. The molecule has 2 fully saturated rings. The van der Waals surface area contributed by atoms with Crippen molar-refractivity contribution in [2.24, 2.45) is 7.05 Å². The van der Waals surface area contributed by atoms with Gasteiger partial charge in [-0.05, 0) is 19.4 Å². The molecule has 116 valence electrons. The minimum Gasteiger partial charge on any atom is -0.353 e. The SMILES string of the molecule is CCN1CCNC(=O)C12CCN(Cc1nccn1C)CC2. The van der Waals surface area contributed by atoms with Crippen molar-refractivity contribution in [3.63, 3.8) is 0 Å². The van der Waals surface area contributed by atoms with Gasteiger partial charge < -0.3 is 9.88 Å². The summed E-state index contributed by atoms with van der Waals surface area (Å²) in [4.78, 5) is 21.6. The molecule has 1 aromatic rings. The zero-order valence-electron chi connectivity index (χ0n) is 13.0. The van der Waals surface area contributed by atoms with Gasteiger partial charge in [0, 0.05) is 45.6 Å². The van der Waals surface area contributed by atoms with Crippen molar-refractivity contribution in [1.29, 1.82) is 0 Å². The maximum Gasteiger partial charge on any atom is 0.240 e. The van der Waals surface area contributed by atoms with Crippen molar-refractivity contribution in [1.82, 2.24) is 24.7 Å². The Balaban J connectivity index is 1.66. The highest BCUT2D eigenvalue weighted by Crippen LogP contribution is 2.31. The molecule has 0 radical (unpaired) electrons. The molecule has 3 heterocycles. The monoisotopic (exact) mass is 291 g/mol. The largest absolute Gasteiger partial charge is 0.353 e. The van der Waals surface area contributed by atoms with Gasteiger partial charge in [-0.25, -0.2) is 4.98 Å². The van der Waals surface area contributed by atoms with Crippen LogP contribution in [0.5, 0.6) is 0 Å². The Morgan fingerprint density at radius 2 is 2.10 bits per heavy atom. The third-order valence-electron chi connectivity index (χ3n) is 5.05. The van der Waals surface area contributed by atoms with Crippen molar-refractivity contribution >= 4 is 5.91 Å². The average molecular weight is 291 g/mol. The molecular weight excluding hydrogens is 266 g/mol. The summed E-state index contributed by atoms with van der Waals surface area (Å²) in [6.07, 6.45) is 5.65. The van der Waals surface area contributed by atoms with E-state index in [9.17, 15) is 4.79 Å². The molecule has 21 heavy (non-hydrogen) atoms. The summed E-state index contributed by atoms with van der Waals surface area (Å²) in [7, 11) is 2.03. The lowest BCUT2D eigenvalue weighted by Crippen LogP contribution is -2.67. The average Bonchev–Trinajstić information content (AvgIpc) is 2.89. The van der Waals surface area contributed by atoms with Crippen molar-refractivity contribution in [3.8, 4) is 0 Å². The molecule has 0 atom stereocenters. The first-order valence-electron chi connectivity index (χ1n) is 7.87. The molecule has 0 saturated carbocycles. The molecule has 2 aliphatic heterocycles. The number of imidazole rings is 1. The summed E-state index contributed by atoms with van der Waals surface area (Å²) in [5.74, 6) is 1.32.